The van der Waals surface area contributed by atoms with E-state index < -0.39 is 5.60 Å². The van der Waals surface area contributed by atoms with Gasteiger partial charge in [-0.2, -0.15) is 4.98 Å². The average Bonchev–Trinajstić information content (AvgIpc) is 2.80. The van der Waals surface area contributed by atoms with Crippen LogP contribution in [-0.4, -0.2) is 30.3 Å². The van der Waals surface area contributed by atoms with Gasteiger partial charge >= 0.3 is 0 Å². The lowest BCUT2D eigenvalue weighted by Crippen LogP contribution is -2.31. The molecule has 1 aliphatic heterocycles. The van der Waals surface area contributed by atoms with Gasteiger partial charge in [-0.1, -0.05) is 5.16 Å². The van der Waals surface area contributed by atoms with Gasteiger partial charge in [0.05, 0.1) is 0 Å². The van der Waals surface area contributed by atoms with E-state index in [9.17, 15) is 0 Å². The molecule has 2 heterocycles. The van der Waals surface area contributed by atoms with Crippen molar-refractivity contribution in [3.63, 3.8) is 0 Å². The number of nitrogens with one attached hydrogen (secondary N) is 1. The molecule has 1 aliphatic rings. The first-order chi connectivity index (χ1) is 8.12. The normalized spacial score (nSPS) is 21.7. The third kappa shape index (κ3) is 3.04. The highest BCUT2D eigenvalue weighted by molar-refractivity contribution is 4.96. The number of methoxy groups -OCH3 is 1. The van der Waals surface area contributed by atoms with E-state index in [2.05, 4.69) is 15.5 Å². The van der Waals surface area contributed by atoms with Crippen molar-refractivity contribution in [1.82, 2.24) is 15.5 Å². The SMILES string of the molecule is COC(C)(C)c1nc(CC2CCCNC2)no1. The van der Waals surface area contributed by atoms with Gasteiger partial charge in [0.25, 0.3) is 5.89 Å². The third-order valence-corrected chi connectivity index (χ3v) is 3.36. The summed E-state index contributed by atoms with van der Waals surface area (Å²) in [6, 6.07) is 0. The first-order valence-corrected chi connectivity index (χ1v) is 6.21. The van der Waals surface area contributed by atoms with E-state index in [-0.39, 0.29) is 0 Å². The van der Waals surface area contributed by atoms with Crippen LogP contribution in [0.1, 0.15) is 38.4 Å². The highest BCUT2D eigenvalue weighted by Gasteiger charge is 2.27. The lowest BCUT2D eigenvalue weighted by Gasteiger charge is -2.21. The first kappa shape index (κ1) is 12.5. The fourth-order valence-electron chi connectivity index (χ4n) is 2.03. The fraction of sp³-hybridized carbons (Fsp3) is 0.833. The molecule has 0 amide bonds. The summed E-state index contributed by atoms with van der Waals surface area (Å²) in [5.74, 6) is 1.97. The molecule has 1 fully saturated rings. The molecular weight excluding hydrogens is 218 g/mol. The topological polar surface area (TPSA) is 60.2 Å². The number of aromatic nitrogens is 2. The number of nitrogens with zero attached hydrogens (tertiary/aromatic N) is 2. The van der Waals surface area contributed by atoms with E-state index in [4.69, 9.17) is 9.26 Å². The standard InChI is InChI=1S/C12H21N3O2/c1-12(2,16-3)11-14-10(15-17-11)7-9-5-4-6-13-8-9/h9,13H,4-8H2,1-3H3. The van der Waals surface area contributed by atoms with Gasteiger partial charge in [0.15, 0.2) is 5.82 Å². The second-order valence-electron chi connectivity index (χ2n) is 5.15. The Hall–Kier alpha value is -0.940. The second kappa shape index (κ2) is 5.14. The molecule has 1 N–H and O–H groups in total. The van der Waals surface area contributed by atoms with Crippen molar-refractivity contribution in [2.75, 3.05) is 20.2 Å². The number of rotatable bonds is 4. The molecule has 5 nitrogen and oxygen atoms in total. The van der Waals surface area contributed by atoms with Crippen molar-refractivity contribution in [2.24, 2.45) is 5.92 Å². The number of hydrogen-bond acceptors (Lipinski definition) is 5. The van der Waals surface area contributed by atoms with Crippen molar-refractivity contribution in [2.45, 2.75) is 38.7 Å². The zero-order chi connectivity index (χ0) is 12.3. The highest BCUT2D eigenvalue weighted by Crippen LogP contribution is 2.22. The predicted octanol–water partition coefficient (Wildman–Crippen LogP) is 1.49. The van der Waals surface area contributed by atoms with Crippen LogP contribution in [0.3, 0.4) is 0 Å². The molecule has 2 rings (SSSR count). The summed E-state index contributed by atoms with van der Waals surface area (Å²) < 4.78 is 10.6. The van der Waals surface area contributed by atoms with Gasteiger partial charge in [0.1, 0.15) is 5.60 Å². The summed E-state index contributed by atoms with van der Waals surface area (Å²) in [4.78, 5) is 4.42. The minimum Gasteiger partial charge on any atom is -0.369 e. The Morgan fingerprint density at radius 2 is 2.35 bits per heavy atom. The summed E-state index contributed by atoms with van der Waals surface area (Å²) >= 11 is 0. The molecule has 1 aromatic heterocycles. The van der Waals surface area contributed by atoms with Crippen molar-refractivity contribution in [3.05, 3.63) is 11.7 Å². The first-order valence-electron chi connectivity index (χ1n) is 6.21. The molecule has 1 saturated heterocycles. The highest BCUT2D eigenvalue weighted by atomic mass is 16.5. The molecule has 1 unspecified atom stereocenters. The molecule has 1 atom stereocenters. The Bertz CT molecular complexity index is 356. The van der Waals surface area contributed by atoms with Crippen LogP contribution in [0.4, 0.5) is 0 Å². The molecule has 0 saturated carbocycles. The maximum absolute atomic E-state index is 5.32. The van der Waals surface area contributed by atoms with E-state index >= 15 is 0 Å². The number of hydrogen-bond donors (Lipinski definition) is 1. The average molecular weight is 239 g/mol. The Balaban J connectivity index is 1.98. The van der Waals surface area contributed by atoms with Gasteiger partial charge in [0, 0.05) is 13.5 Å². The number of ether oxygens (including phenoxy) is 1. The summed E-state index contributed by atoms with van der Waals surface area (Å²) in [7, 11) is 1.65. The zero-order valence-corrected chi connectivity index (χ0v) is 10.8. The van der Waals surface area contributed by atoms with Gasteiger partial charge < -0.3 is 14.6 Å². The smallest absolute Gasteiger partial charge is 0.258 e. The summed E-state index contributed by atoms with van der Waals surface area (Å²) in [5, 5.41) is 7.42. The van der Waals surface area contributed by atoms with Gasteiger partial charge in [0.2, 0.25) is 0 Å². The van der Waals surface area contributed by atoms with Gasteiger partial charge in [-0.15, -0.1) is 0 Å². The van der Waals surface area contributed by atoms with E-state index in [0.717, 1.165) is 25.3 Å². The second-order valence-corrected chi connectivity index (χ2v) is 5.15. The monoisotopic (exact) mass is 239 g/mol. The zero-order valence-electron chi connectivity index (χ0n) is 10.8. The lowest BCUT2D eigenvalue weighted by atomic mass is 9.96. The molecule has 0 aliphatic carbocycles. The van der Waals surface area contributed by atoms with Crippen molar-refractivity contribution < 1.29 is 9.26 Å². The molecular formula is C12H21N3O2. The Kier molecular flexibility index (Phi) is 3.79. The molecule has 17 heavy (non-hydrogen) atoms. The van der Waals surface area contributed by atoms with Crippen molar-refractivity contribution in [1.29, 1.82) is 0 Å². The van der Waals surface area contributed by atoms with Crippen LogP contribution in [0.5, 0.6) is 0 Å². The minimum atomic E-state index is -0.504. The van der Waals surface area contributed by atoms with Crippen LogP contribution in [0.25, 0.3) is 0 Å². The van der Waals surface area contributed by atoms with Crippen LogP contribution in [0.2, 0.25) is 0 Å². The minimum absolute atomic E-state index is 0.504. The van der Waals surface area contributed by atoms with E-state index in [1.54, 1.807) is 7.11 Å². The van der Waals surface area contributed by atoms with Crippen LogP contribution in [-0.2, 0) is 16.8 Å². The maximum Gasteiger partial charge on any atom is 0.258 e. The fourth-order valence-corrected chi connectivity index (χ4v) is 2.03. The van der Waals surface area contributed by atoms with Crippen molar-refractivity contribution in [3.8, 4) is 0 Å². The number of piperidine rings is 1. The molecule has 0 spiro atoms. The van der Waals surface area contributed by atoms with Gasteiger partial charge in [-0.25, -0.2) is 0 Å². The quantitative estimate of drug-likeness (QED) is 0.862. The van der Waals surface area contributed by atoms with Gasteiger partial charge in [-0.05, 0) is 45.7 Å². The van der Waals surface area contributed by atoms with Crippen LogP contribution >= 0.6 is 0 Å². The van der Waals surface area contributed by atoms with E-state index in [1.807, 2.05) is 13.8 Å². The van der Waals surface area contributed by atoms with Crippen LogP contribution in [0.15, 0.2) is 4.52 Å². The Labute approximate surface area is 102 Å². The third-order valence-electron chi connectivity index (χ3n) is 3.36. The molecule has 0 radical (unpaired) electrons. The summed E-state index contributed by atoms with van der Waals surface area (Å²) in [6.07, 6.45) is 3.36. The predicted molar refractivity (Wildman–Crippen MR) is 63.6 cm³/mol. The Morgan fingerprint density at radius 3 is 3.00 bits per heavy atom. The Morgan fingerprint density at radius 1 is 1.53 bits per heavy atom. The van der Waals surface area contributed by atoms with Crippen LogP contribution in [0, 0.1) is 5.92 Å². The molecule has 0 aromatic carbocycles. The lowest BCUT2D eigenvalue weighted by molar-refractivity contribution is -0.00786. The largest absolute Gasteiger partial charge is 0.369 e. The molecule has 1 aromatic rings. The van der Waals surface area contributed by atoms with E-state index in [0.29, 0.717) is 11.8 Å². The van der Waals surface area contributed by atoms with E-state index in [1.165, 1.54) is 12.8 Å². The van der Waals surface area contributed by atoms with Crippen molar-refractivity contribution >= 4 is 0 Å². The van der Waals surface area contributed by atoms with Gasteiger partial charge in [-0.3, -0.25) is 0 Å². The summed E-state index contributed by atoms with van der Waals surface area (Å²) in [6.45, 7) is 6.03. The molecule has 0 bridgehead atoms. The summed E-state index contributed by atoms with van der Waals surface area (Å²) in [5.41, 5.74) is -0.504. The maximum atomic E-state index is 5.32. The van der Waals surface area contributed by atoms with Crippen LogP contribution < -0.4 is 5.32 Å². The molecule has 5 heteroatoms. The molecule has 96 valence electrons.